The van der Waals surface area contributed by atoms with Crippen molar-refractivity contribution in [3.05, 3.63) is 167 Å². The van der Waals surface area contributed by atoms with Crippen molar-refractivity contribution in [2.24, 2.45) is 0 Å². The van der Waals surface area contributed by atoms with Crippen LogP contribution >= 0.6 is 0 Å². The molecule has 34 heavy (non-hydrogen) atoms. The first-order chi connectivity index (χ1) is 16.8. The van der Waals surface area contributed by atoms with E-state index in [0.717, 1.165) is 6.42 Å². The van der Waals surface area contributed by atoms with Gasteiger partial charge in [0.15, 0.2) is 0 Å². The molecule has 0 fully saturated rings. The Bertz CT molecular complexity index is 1380. The molecule has 0 heterocycles. The predicted octanol–water partition coefficient (Wildman–Crippen LogP) is 7.96. The van der Waals surface area contributed by atoms with Crippen LogP contribution < -0.4 is 0 Å². The van der Waals surface area contributed by atoms with E-state index in [-0.39, 0.29) is 15.4 Å². The second kappa shape index (κ2) is 10.7. The number of hydrogen-bond donors (Lipinski definition) is 0. The summed E-state index contributed by atoms with van der Waals surface area (Å²) in [7, 11) is -0.384. The quantitative estimate of drug-likeness (QED) is 0.216. The fourth-order valence-electron chi connectivity index (χ4n) is 4.43. The molecule has 2 unspecified atom stereocenters. The minimum Gasteiger partial charge on any atom is -0.0622 e. The average molecular weight is 475 g/mol. The number of benzene rings is 5. The minimum atomic E-state index is -0.384. The molecule has 0 amide bonds. The van der Waals surface area contributed by atoms with Crippen LogP contribution in [0.1, 0.15) is 33.7 Å². The Morgan fingerprint density at radius 1 is 0.471 bits per heavy atom. The molecule has 0 nitrogen and oxygen atoms in total. The van der Waals surface area contributed by atoms with Gasteiger partial charge in [-0.25, -0.2) is 0 Å². The monoisotopic (exact) mass is 474 g/mol. The van der Waals surface area contributed by atoms with Gasteiger partial charge < -0.3 is 0 Å². The molecule has 0 bridgehead atoms. The Labute approximate surface area is 209 Å². The van der Waals surface area contributed by atoms with Gasteiger partial charge in [-0.1, -0.05) is 125 Å². The molecule has 0 saturated carbocycles. The number of rotatable bonds is 7. The fraction of sp³-hybridized carbons (Fsp3) is 0.0625. The maximum absolute atomic E-state index is 5.97. The highest BCUT2D eigenvalue weighted by molar-refractivity contribution is 8.28. The Morgan fingerprint density at radius 3 is 1.68 bits per heavy atom. The third kappa shape index (κ3) is 5.25. The Kier molecular flexibility index (Phi) is 7.09. The van der Waals surface area contributed by atoms with Gasteiger partial charge in [-0.3, -0.25) is 0 Å². The van der Waals surface area contributed by atoms with Gasteiger partial charge in [0.1, 0.15) is 0 Å². The van der Waals surface area contributed by atoms with Gasteiger partial charge in [-0.2, -0.15) is 0 Å². The molecule has 5 aromatic rings. The van der Waals surface area contributed by atoms with Gasteiger partial charge in [0.05, 0.1) is 0 Å². The number of hydrogen-bond acceptors (Lipinski definition) is 1. The molecule has 0 aliphatic carbocycles. The van der Waals surface area contributed by atoms with Gasteiger partial charge in [0, 0.05) is 15.7 Å². The average Bonchev–Trinajstić information content (AvgIpc) is 2.91. The van der Waals surface area contributed by atoms with E-state index in [9.17, 15) is 0 Å². The lowest BCUT2D eigenvalue weighted by Crippen LogP contribution is -2.05. The van der Waals surface area contributed by atoms with Gasteiger partial charge in [-0.05, 0) is 69.7 Å². The zero-order valence-corrected chi connectivity index (χ0v) is 20.5. The van der Waals surface area contributed by atoms with Crippen molar-refractivity contribution < 1.29 is 0 Å². The van der Waals surface area contributed by atoms with Crippen molar-refractivity contribution in [1.29, 1.82) is 0 Å². The molecular formula is C32H26S2. The second-order valence-electron chi connectivity index (χ2n) is 8.41. The highest BCUT2D eigenvalue weighted by Crippen LogP contribution is 2.34. The first kappa shape index (κ1) is 22.5. The maximum Gasteiger partial charge on any atom is 0.0340 e. The zero-order valence-electron chi connectivity index (χ0n) is 18.9. The summed E-state index contributed by atoms with van der Waals surface area (Å²) in [5.74, 6) is 0.152. The lowest BCUT2D eigenvalue weighted by Gasteiger charge is -2.21. The first-order valence-corrected chi connectivity index (χ1v) is 13.7. The van der Waals surface area contributed by atoms with Crippen LogP contribution in [-0.2, 0) is 27.1 Å². The van der Waals surface area contributed by atoms with E-state index in [1.807, 2.05) is 6.07 Å². The van der Waals surface area contributed by atoms with Crippen molar-refractivity contribution in [2.75, 3.05) is 0 Å². The highest BCUT2D eigenvalue weighted by atomic mass is 32.8. The molecule has 5 aromatic carbocycles. The SMILES string of the molecule is S=S(c1ccccc1)c1cccc(C(c2ccccc2)c2cccc(Cc3ccccc3)c2)c1. The van der Waals surface area contributed by atoms with Crippen LogP contribution in [-0.4, -0.2) is 0 Å². The van der Waals surface area contributed by atoms with E-state index in [1.54, 1.807) is 0 Å². The normalized spacial score (nSPS) is 12.7. The highest BCUT2D eigenvalue weighted by Gasteiger charge is 2.18. The molecule has 0 aliphatic rings. The van der Waals surface area contributed by atoms with Crippen LogP contribution in [0, 0.1) is 0 Å². The molecule has 0 aromatic heterocycles. The van der Waals surface area contributed by atoms with Crippen molar-refractivity contribution in [2.45, 2.75) is 22.1 Å². The molecule has 0 saturated heterocycles. The fourth-order valence-corrected chi connectivity index (χ4v) is 6.19. The summed E-state index contributed by atoms with van der Waals surface area (Å²) in [6.45, 7) is 0. The lowest BCUT2D eigenvalue weighted by atomic mass is 9.84. The van der Waals surface area contributed by atoms with Gasteiger partial charge in [0.2, 0.25) is 0 Å². The van der Waals surface area contributed by atoms with Crippen molar-refractivity contribution >= 4 is 20.6 Å². The van der Waals surface area contributed by atoms with E-state index < -0.39 is 0 Å². The van der Waals surface area contributed by atoms with Crippen LogP contribution in [0.3, 0.4) is 0 Å². The lowest BCUT2D eigenvalue weighted by molar-refractivity contribution is 0.964. The molecule has 0 spiro atoms. The van der Waals surface area contributed by atoms with Crippen molar-refractivity contribution in [3.63, 3.8) is 0 Å². The van der Waals surface area contributed by atoms with E-state index in [1.165, 1.54) is 37.6 Å². The summed E-state index contributed by atoms with van der Waals surface area (Å²) in [6, 6.07) is 49.8. The Morgan fingerprint density at radius 2 is 0.971 bits per heavy atom. The summed E-state index contributed by atoms with van der Waals surface area (Å²) < 4.78 is 0. The van der Waals surface area contributed by atoms with Gasteiger partial charge in [0.25, 0.3) is 0 Å². The maximum atomic E-state index is 5.97. The van der Waals surface area contributed by atoms with Gasteiger partial charge in [-0.15, -0.1) is 0 Å². The molecule has 5 rings (SSSR count). The van der Waals surface area contributed by atoms with Gasteiger partial charge >= 0.3 is 0 Å². The summed E-state index contributed by atoms with van der Waals surface area (Å²) in [5.41, 5.74) is 6.53. The molecule has 0 radical (unpaired) electrons. The van der Waals surface area contributed by atoms with Crippen LogP contribution in [0.4, 0.5) is 0 Å². The standard InChI is InChI=1S/C32H26S2/c33-34(30-19-8-3-9-20-30)31-21-11-18-29(24-31)32(27-15-6-2-7-16-27)28-17-10-14-26(23-28)22-25-12-4-1-5-13-25/h1-21,23-24,32H,22H2. The first-order valence-electron chi connectivity index (χ1n) is 11.5. The van der Waals surface area contributed by atoms with Crippen LogP contribution in [0.5, 0.6) is 0 Å². The minimum absolute atomic E-state index is 0.152. The van der Waals surface area contributed by atoms with Crippen LogP contribution in [0.25, 0.3) is 0 Å². The van der Waals surface area contributed by atoms with Crippen LogP contribution in [0.15, 0.2) is 149 Å². The summed E-state index contributed by atoms with van der Waals surface area (Å²) >= 11 is 5.97. The Hall–Kier alpha value is -3.33. The third-order valence-corrected chi connectivity index (χ3v) is 8.57. The van der Waals surface area contributed by atoms with E-state index in [0.29, 0.717) is 0 Å². The summed E-state index contributed by atoms with van der Waals surface area (Å²) in [4.78, 5) is 2.39. The van der Waals surface area contributed by atoms with Crippen molar-refractivity contribution in [3.8, 4) is 0 Å². The van der Waals surface area contributed by atoms with Crippen molar-refractivity contribution in [1.82, 2.24) is 0 Å². The van der Waals surface area contributed by atoms with E-state index in [4.69, 9.17) is 11.2 Å². The predicted molar refractivity (Wildman–Crippen MR) is 147 cm³/mol. The molecule has 0 aliphatic heterocycles. The molecule has 2 heteroatoms. The topological polar surface area (TPSA) is 0 Å². The Balaban J connectivity index is 1.55. The summed E-state index contributed by atoms with van der Waals surface area (Å²) in [5, 5.41) is 0. The second-order valence-corrected chi connectivity index (χ2v) is 10.9. The third-order valence-electron chi connectivity index (χ3n) is 6.03. The molecule has 0 N–H and O–H groups in total. The van der Waals surface area contributed by atoms with E-state index >= 15 is 0 Å². The molecule has 166 valence electrons. The van der Waals surface area contributed by atoms with E-state index in [2.05, 4.69) is 133 Å². The largest absolute Gasteiger partial charge is 0.0622 e. The molecular weight excluding hydrogens is 448 g/mol. The molecule has 2 atom stereocenters. The summed E-state index contributed by atoms with van der Waals surface area (Å²) in [6.07, 6.45) is 0.930. The zero-order chi connectivity index (χ0) is 23.2. The van der Waals surface area contributed by atoms with Crippen LogP contribution in [0.2, 0.25) is 0 Å². The smallest absolute Gasteiger partial charge is 0.0340 e.